The lowest BCUT2D eigenvalue weighted by Gasteiger charge is -2.34. The van der Waals surface area contributed by atoms with E-state index in [1.165, 1.54) is 6.92 Å². The number of aryl methyl sites for hydroxylation is 2. The summed E-state index contributed by atoms with van der Waals surface area (Å²) in [5.74, 6) is -0.863. The molecule has 1 aliphatic heterocycles. The van der Waals surface area contributed by atoms with Crippen molar-refractivity contribution in [3.63, 3.8) is 0 Å². The minimum atomic E-state index is -0.799. The maximum absolute atomic E-state index is 14.1. The number of para-hydroxylation sites is 1. The van der Waals surface area contributed by atoms with E-state index in [0.29, 0.717) is 12.0 Å². The van der Waals surface area contributed by atoms with Crippen molar-refractivity contribution in [2.75, 3.05) is 0 Å². The van der Waals surface area contributed by atoms with Gasteiger partial charge >= 0.3 is 0 Å². The number of hydrazine groups is 1. The molecule has 2 heterocycles. The van der Waals surface area contributed by atoms with Gasteiger partial charge in [0, 0.05) is 36.0 Å². The Morgan fingerprint density at radius 1 is 0.923 bits per heavy atom. The summed E-state index contributed by atoms with van der Waals surface area (Å²) in [6.45, 7) is 7.44. The van der Waals surface area contributed by atoms with Gasteiger partial charge in [-0.1, -0.05) is 80.1 Å². The average Bonchev–Trinajstić information content (AvgIpc) is 3.37. The minimum absolute atomic E-state index is 0.124. The first-order valence-corrected chi connectivity index (χ1v) is 13.3. The van der Waals surface area contributed by atoms with E-state index < -0.39 is 18.0 Å². The van der Waals surface area contributed by atoms with Crippen molar-refractivity contribution in [2.45, 2.75) is 46.2 Å². The second-order valence-corrected chi connectivity index (χ2v) is 10.7. The third-order valence-corrected chi connectivity index (χ3v) is 7.44. The molecule has 0 fully saturated rings. The highest BCUT2D eigenvalue weighted by Crippen LogP contribution is 2.47. The van der Waals surface area contributed by atoms with Crippen LogP contribution in [-0.4, -0.2) is 33.2 Å². The molecule has 2 atom stereocenters. The van der Waals surface area contributed by atoms with Crippen molar-refractivity contribution >= 4 is 28.6 Å². The number of rotatable bonds is 6. The molecular weight excluding hydrogens is 488 g/mol. The normalized spacial score (nSPS) is 15.5. The fraction of sp³-hybridized carbons (Fsp3) is 0.281. The Morgan fingerprint density at radius 2 is 1.59 bits per heavy atom. The van der Waals surface area contributed by atoms with Gasteiger partial charge in [0.2, 0.25) is 5.91 Å². The van der Waals surface area contributed by atoms with Crippen LogP contribution in [0.2, 0.25) is 0 Å². The number of benzene rings is 3. The first-order valence-electron chi connectivity index (χ1n) is 13.3. The van der Waals surface area contributed by atoms with Crippen LogP contribution in [-0.2, 0) is 16.6 Å². The van der Waals surface area contributed by atoms with Gasteiger partial charge in [0.25, 0.3) is 11.8 Å². The molecule has 0 spiro atoms. The molecule has 3 aromatic carbocycles. The number of carbonyl (C=O) groups is 3. The Morgan fingerprint density at radius 3 is 2.28 bits per heavy atom. The Hall–Kier alpha value is -4.39. The molecule has 7 heteroatoms. The zero-order valence-corrected chi connectivity index (χ0v) is 23.0. The number of hydrogen-bond donors (Lipinski definition) is 2. The fourth-order valence-corrected chi connectivity index (χ4v) is 5.74. The smallest absolute Gasteiger partial charge is 0.261 e. The van der Waals surface area contributed by atoms with Gasteiger partial charge < -0.3 is 9.47 Å². The summed E-state index contributed by atoms with van der Waals surface area (Å²) in [7, 11) is 2.04. The second-order valence-electron chi connectivity index (χ2n) is 10.7. The number of carbonyl (C=O) groups excluding carboxylic acids is 3. The summed E-state index contributed by atoms with van der Waals surface area (Å²) >= 11 is 0. The van der Waals surface area contributed by atoms with Crippen molar-refractivity contribution in [1.82, 2.24) is 20.3 Å². The second kappa shape index (κ2) is 10.4. The molecule has 4 aromatic rings. The molecule has 2 N–H and O–H groups in total. The third kappa shape index (κ3) is 4.69. The zero-order chi connectivity index (χ0) is 27.8. The maximum atomic E-state index is 14.1. The minimum Gasteiger partial charge on any atom is -0.343 e. The molecule has 0 saturated heterocycles. The summed E-state index contributed by atoms with van der Waals surface area (Å²) in [4.78, 5) is 41.0. The van der Waals surface area contributed by atoms with E-state index in [1.54, 1.807) is 4.90 Å². The number of amides is 3. The van der Waals surface area contributed by atoms with Gasteiger partial charge in [0.05, 0.1) is 11.7 Å². The van der Waals surface area contributed by atoms with Crippen LogP contribution >= 0.6 is 0 Å². The van der Waals surface area contributed by atoms with Crippen LogP contribution in [0.1, 0.15) is 60.3 Å². The van der Waals surface area contributed by atoms with E-state index in [4.69, 9.17) is 0 Å². The molecular formula is C32H34N4O3. The molecule has 39 heavy (non-hydrogen) atoms. The number of aromatic nitrogens is 1. The van der Waals surface area contributed by atoms with Gasteiger partial charge in [0.15, 0.2) is 0 Å². The van der Waals surface area contributed by atoms with Gasteiger partial charge in [-0.2, -0.15) is 0 Å². The number of nitrogens with one attached hydrogen (secondary N) is 2. The lowest BCUT2D eigenvalue weighted by Crippen LogP contribution is -2.53. The highest BCUT2D eigenvalue weighted by molar-refractivity contribution is 6.04. The van der Waals surface area contributed by atoms with Crippen molar-refractivity contribution in [2.24, 2.45) is 13.0 Å². The quantitative estimate of drug-likeness (QED) is 0.338. The standard InChI is InChI=1S/C32H34N4O3/c1-19(2)18-27(31(38)34-33-21(4)37)36-30(23-10-6-7-11-24(23)32(36)39)28-25-12-8-9-13-26(25)35(5)29(28)22-16-14-20(3)15-17-22/h6-17,19,27,30H,18H2,1-5H3,(H,33,37)(H,34,38). The van der Waals surface area contributed by atoms with Crippen LogP contribution in [0, 0.1) is 12.8 Å². The van der Waals surface area contributed by atoms with Gasteiger partial charge in [0.1, 0.15) is 6.04 Å². The maximum Gasteiger partial charge on any atom is 0.261 e. The molecule has 0 aliphatic carbocycles. The molecule has 0 bridgehead atoms. The van der Waals surface area contributed by atoms with Crippen molar-refractivity contribution in [3.05, 3.63) is 95.1 Å². The molecule has 1 aliphatic rings. The zero-order valence-electron chi connectivity index (χ0n) is 23.0. The van der Waals surface area contributed by atoms with Gasteiger partial charge in [-0.05, 0) is 42.5 Å². The summed E-state index contributed by atoms with van der Waals surface area (Å²) in [6.07, 6.45) is 0.437. The monoisotopic (exact) mass is 522 g/mol. The van der Waals surface area contributed by atoms with E-state index in [9.17, 15) is 14.4 Å². The largest absolute Gasteiger partial charge is 0.343 e. The van der Waals surface area contributed by atoms with Gasteiger partial charge in [-0.3, -0.25) is 25.2 Å². The van der Waals surface area contributed by atoms with E-state index in [1.807, 2.05) is 57.3 Å². The average molecular weight is 523 g/mol. The molecule has 5 rings (SSSR count). The van der Waals surface area contributed by atoms with Crippen LogP contribution in [0.25, 0.3) is 22.2 Å². The molecule has 3 amide bonds. The number of fused-ring (bicyclic) bond motifs is 2. The first kappa shape index (κ1) is 26.2. The van der Waals surface area contributed by atoms with Gasteiger partial charge in [-0.15, -0.1) is 0 Å². The van der Waals surface area contributed by atoms with Crippen LogP contribution in [0.4, 0.5) is 0 Å². The van der Waals surface area contributed by atoms with Crippen molar-refractivity contribution < 1.29 is 14.4 Å². The highest BCUT2D eigenvalue weighted by Gasteiger charge is 2.46. The van der Waals surface area contributed by atoms with E-state index >= 15 is 0 Å². The van der Waals surface area contributed by atoms with E-state index in [2.05, 4.69) is 58.7 Å². The Kier molecular flexibility index (Phi) is 7.00. The number of nitrogens with zero attached hydrogens (tertiary/aromatic N) is 2. The highest BCUT2D eigenvalue weighted by atomic mass is 16.2. The molecule has 2 unspecified atom stereocenters. The third-order valence-electron chi connectivity index (χ3n) is 7.44. The SMILES string of the molecule is CC(=O)NNC(=O)C(CC(C)C)N1C(=O)c2ccccc2C1c1c(-c2ccc(C)cc2)n(C)c2ccccc12. The summed E-state index contributed by atoms with van der Waals surface area (Å²) in [5.41, 5.74) is 11.6. The van der Waals surface area contributed by atoms with Crippen molar-refractivity contribution in [3.8, 4) is 11.3 Å². The molecule has 7 nitrogen and oxygen atoms in total. The summed E-state index contributed by atoms with van der Waals surface area (Å²) < 4.78 is 2.17. The lowest BCUT2D eigenvalue weighted by atomic mass is 9.91. The number of hydrogen-bond acceptors (Lipinski definition) is 3. The van der Waals surface area contributed by atoms with Crippen LogP contribution in [0.15, 0.2) is 72.8 Å². The van der Waals surface area contributed by atoms with E-state index in [0.717, 1.165) is 38.9 Å². The van der Waals surface area contributed by atoms with Gasteiger partial charge in [-0.25, -0.2) is 0 Å². The topological polar surface area (TPSA) is 83.4 Å². The van der Waals surface area contributed by atoms with Crippen LogP contribution in [0.5, 0.6) is 0 Å². The summed E-state index contributed by atoms with van der Waals surface area (Å²) in [5, 5.41) is 1.03. The van der Waals surface area contributed by atoms with Crippen LogP contribution < -0.4 is 10.9 Å². The molecule has 0 radical (unpaired) electrons. The first-order chi connectivity index (χ1) is 18.7. The molecule has 0 saturated carbocycles. The predicted molar refractivity (Wildman–Crippen MR) is 153 cm³/mol. The Labute approximate surface area is 228 Å². The van der Waals surface area contributed by atoms with E-state index in [-0.39, 0.29) is 17.7 Å². The predicted octanol–water partition coefficient (Wildman–Crippen LogP) is 5.28. The lowest BCUT2D eigenvalue weighted by molar-refractivity contribution is -0.131. The van der Waals surface area contributed by atoms with Crippen LogP contribution in [0.3, 0.4) is 0 Å². The fourth-order valence-electron chi connectivity index (χ4n) is 5.74. The Balaban J connectivity index is 1.78. The summed E-state index contributed by atoms with van der Waals surface area (Å²) in [6, 6.07) is 22.9. The Bertz CT molecular complexity index is 1570. The molecule has 200 valence electrons. The van der Waals surface area contributed by atoms with Crippen molar-refractivity contribution in [1.29, 1.82) is 0 Å². The molecule has 1 aromatic heterocycles.